The molecule has 1 aromatic rings. The van der Waals surface area contributed by atoms with E-state index < -0.39 is 5.97 Å². The zero-order valence-corrected chi connectivity index (χ0v) is 17.5. The lowest BCUT2D eigenvalue weighted by Gasteiger charge is -2.30. The largest absolute Gasteiger partial charge is 0.454 e. The molecule has 0 saturated heterocycles. The zero-order chi connectivity index (χ0) is 20.8. The van der Waals surface area contributed by atoms with Gasteiger partial charge in [-0.2, -0.15) is 0 Å². The van der Waals surface area contributed by atoms with E-state index in [1.807, 2.05) is 39.8 Å². The molecule has 6 heteroatoms. The molecule has 0 bridgehead atoms. The van der Waals surface area contributed by atoms with Gasteiger partial charge in [0.05, 0.1) is 0 Å². The Morgan fingerprint density at radius 2 is 1.52 bits per heavy atom. The number of esters is 1. The summed E-state index contributed by atoms with van der Waals surface area (Å²) in [6, 6.07) is 7.30. The molecule has 0 aliphatic rings. The Morgan fingerprint density at radius 3 is 1.96 bits per heavy atom. The molecule has 0 atom stereocenters. The van der Waals surface area contributed by atoms with E-state index >= 15 is 0 Å². The smallest absolute Gasteiger partial charge is 0.325 e. The fourth-order valence-corrected chi connectivity index (χ4v) is 2.82. The maximum absolute atomic E-state index is 12.2. The van der Waals surface area contributed by atoms with Crippen LogP contribution in [0.5, 0.6) is 0 Å². The van der Waals surface area contributed by atoms with E-state index in [-0.39, 0.29) is 42.5 Å². The average Bonchev–Trinajstić information content (AvgIpc) is 2.56. The number of hydrogen-bond donors (Lipinski definition) is 1. The van der Waals surface area contributed by atoms with Crippen LogP contribution in [0.15, 0.2) is 24.3 Å². The Bertz CT molecular complexity index is 650. The first-order valence-corrected chi connectivity index (χ1v) is 9.29. The molecule has 0 spiro atoms. The molecule has 0 fully saturated rings. The monoisotopic (exact) mass is 376 g/mol. The molecular weight excluding hydrogens is 344 g/mol. The van der Waals surface area contributed by atoms with Gasteiger partial charge in [-0.05, 0) is 50.8 Å². The van der Waals surface area contributed by atoms with Gasteiger partial charge in [-0.15, -0.1) is 0 Å². The molecule has 27 heavy (non-hydrogen) atoms. The van der Waals surface area contributed by atoms with Crippen LogP contribution in [0, 0.1) is 0 Å². The van der Waals surface area contributed by atoms with Gasteiger partial charge < -0.3 is 15.0 Å². The predicted octanol–water partition coefficient (Wildman–Crippen LogP) is 2.90. The summed E-state index contributed by atoms with van der Waals surface area (Å²) in [5.74, 6) is -1.25. The van der Waals surface area contributed by atoms with Crippen molar-refractivity contribution in [1.29, 1.82) is 0 Å². The van der Waals surface area contributed by atoms with Crippen molar-refractivity contribution in [2.45, 2.75) is 66.0 Å². The highest BCUT2D eigenvalue weighted by Gasteiger charge is 2.21. The number of rotatable bonds is 7. The van der Waals surface area contributed by atoms with Gasteiger partial charge in [-0.3, -0.25) is 14.4 Å². The number of carbonyl (C=O) groups is 3. The Morgan fingerprint density at radius 1 is 1.00 bits per heavy atom. The van der Waals surface area contributed by atoms with Crippen molar-refractivity contribution >= 4 is 17.8 Å². The summed E-state index contributed by atoms with van der Waals surface area (Å²) in [5.41, 5.74) is 1.60. The van der Waals surface area contributed by atoms with Gasteiger partial charge in [-0.25, -0.2) is 0 Å². The summed E-state index contributed by atoms with van der Waals surface area (Å²) in [6.07, 6.45) is 0. The summed E-state index contributed by atoms with van der Waals surface area (Å²) >= 11 is 0. The summed E-state index contributed by atoms with van der Waals surface area (Å²) in [7, 11) is 0. The number of nitrogens with one attached hydrogen (secondary N) is 1. The first-order chi connectivity index (χ1) is 12.4. The fraction of sp³-hybridized carbons (Fsp3) is 0.571. The first kappa shape index (κ1) is 22.7. The average molecular weight is 376 g/mol. The molecule has 0 radical (unpaired) electrons. The molecule has 2 amide bonds. The van der Waals surface area contributed by atoms with Crippen molar-refractivity contribution < 1.29 is 19.1 Å². The van der Waals surface area contributed by atoms with Crippen molar-refractivity contribution in [3.63, 3.8) is 0 Å². The van der Waals surface area contributed by atoms with E-state index in [2.05, 4.69) is 26.1 Å². The Balaban J connectivity index is 2.50. The van der Waals surface area contributed by atoms with Gasteiger partial charge in [0.25, 0.3) is 11.8 Å². The maximum atomic E-state index is 12.2. The van der Waals surface area contributed by atoms with Crippen molar-refractivity contribution in [1.82, 2.24) is 10.2 Å². The van der Waals surface area contributed by atoms with Crippen molar-refractivity contribution in [2.24, 2.45) is 0 Å². The minimum Gasteiger partial charge on any atom is -0.454 e. The van der Waals surface area contributed by atoms with E-state index in [1.54, 1.807) is 17.0 Å². The van der Waals surface area contributed by atoms with Crippen LogP contribution < -0.4 is 5.32 Å². The third-order valence-electron chi connectivity index (χ3n) is 4.16. The quantitative estimate of drug-likeness (QED) is 0.743. The Kier molecular flexibility index (Phi) is 8.00. The minimum absolute atomic E-state index is 0.00516. The van der Waals surface area contributed by atoms with Gasteiger partial charge in [0, 0.05) is 17.6 Å². The molecule has 0 aromatic heterocycles. The second kappa shape index (κ2) is 9.53. The van der Waals surface area contributed by atoms with E-state index in [4.69, 9.17) is 4.74 Å². The van der Waals surface area contributed by atoms with Crippen LogP contribution in [0.25, 0.3) is 0 Å². The summed E-state index contributed by atoms with van der Waals surface area (Å²) in [5, 5.41) is 2.52. The van der Waals surface area contributed by atoms with E-state index in [9.17, 15) is 14.4 Å². The molecule has 6 nitrogen and oxygen atoms in total. The molecule has 1 N–H and O–H groups in total. The lowest BCUT2D eigenvalue weighted by molar-refractivity contribution is -0.152. The van der Waals surface area contributed by atoms with Crippen molar-refractivity contribution in [2.75, 3.05) is 13.2 Å². The van der Waals surface area contributed by atoms with Gasteiger partial charge in [0.15, 0.2) is 6.61 Å². The number of amides is 2. The highest BCUT2D eigenvalue weighted by molar-refractivity contribution is 5.96. The Hall–Kier alpha value is -2.37. The molecule has 0 aliphatic heterocycles. The molecule has 0 saturated carbocycles. The number of hydrogen-bond acceptors (Lipinski definition) is 4. The van der Waals surface area contributed by atoms with Crippen molar-refractivity contribution in [3.05, 3.63) is 35.4 Å². The molecule has 0 unspecified atom stereocenters. The molecule has 0 heterocycles. The molecule has 1 rings (SSSR count). The van der Waals surface area contributed by atoms with E-state index in [0.717, 1.165) is 5.56 Å². The van der Waals surface area contributed by atoms with Crippen LogP contribution in [0.3, 0.4) is 0 Å². The maximum Gasteiger partial charge on any atom is 0.325 e. The van der Waals surface area contributed by atoms with Crippen LogP contribution in [0.4, 0.5) is 0 Å². The van der Waals surface area contributed by atoms with Gasteiger partial charge in [-0.1, -0.05) is 32.9 Å². The Labute approximate surface area is 162 Å². The third-order valence-corrected chi connectivity index (χ3v) is 4.16. The highest BCUT2D eigenvalue weighted by atomic mass is 16.5. The first-order valence-electron chi connectivity index (χ1n) is 9.29. The predicted molar refractivity (Wildman–Crippen MR) is 106 cm³/mol. The third kappa shape index (κ3) is 7.04. The number of benzene rings is 1. The second-order valence-corrected chi connectivity index (χ2v) is 8.16. The number of ether oxygens (including phenoxy) is 1. The number of carbonyl (C=O) groups excluding carboxylic acids is 3. The van der Waals surface area contributed by atoms with E-state index in [0.29, 0.717) is 5.56 Å². The van der Waals surface area contributed by atoms with Crippen LogP contribution in [0.1, 0.15) is 64.4 Å². The second-order valence-electron chi connectivity index (χ2n) is 8.16. The molecule has 0 aliphatic carbocycles. The summed E-state index contributed by atoms with van der Waals surface area (Å²) in [6.45, 7) is 13.3. The van der Waals surface area contributed by atoms with Gasteiger partial charge in [0.2, 0.25) is 0 Å². The minimum atomic E-state index is -0.643. The SMILES string of the molecule is CC(C)N(C(=O)COC(=O)CNC(=O)c1ccc(C(C)(C)C)cc1)C(C)C. The topological polar surface area (TPSA) is 75.7 Å². The molecular formula is C21H32N2O4. The van der Waals surface area contributed by atoms with Crippen LogP contribution in [-0.4, -0.2) is 47.9 Å². The molecule has 1 aromatic carbocycles. The fourth-order valence-electron chi connectivity index (χ4n) is 2.82. The lowest BCUT2D eigenvalue weighted by atomic mass is 9.87. The van der Waals surface area contributed by atoms with Gasteiger partial charge in [0.1, 0.15) is 6.54 Å². The van der Waals surface area contributed by atoms with E-state index in [1.165, 1.54) is 0 Å². The van der Waals surface area contributed by atoms with Crippen LogP contribution in [-0.2, 0) is 19.7 Å². The van der Waals surface area contributed by atoms with Gasteiger partial charge >= 0.3 is 5.97 Å². The lowest BCUT2D eigenvalue weighted by Crippen LogP contribution is -2.44. The highest BCUT2D eigenvalue weighted by Crippen LogP contribution is 2.22. The standard InChI is InChI=1S/C21H32N2O4/c1-14(2)23(15(3)4)18(24)13-27-19(25)12-22-20(26)16-8-10-17(11-9-16)21(5,6)7/h8-11,14-15H,12-13H2,1-7H3,(H,22,26). The van der Waals surface area contributed by atoms with Crippen LogP contribution in [0.2, 0.25) is 0 Å². The molecule has 150 valence electrons. The summed E-state index contributed by atoms with van der Waals surface area (Å²) in [4.78, 5) is 37.8. The zero-order valence-electron chi connectivity index (χ0n) is 17.5. The van der Waals surface area contributed by atoms with Crippen LogP contribution >= 0.6 is 0 Å². The normalized spacial score (nSPS) is 11.4. The van der Waals surface area contributed by atoms with Crippen molar-refractivity contribution in [3.8, 4) is 0 Å². The number of nitrogens with zero attached hydrogens (tertiary/aromatic N) is 1. The summed E-state index contributed by atoms with van der Waals surface area (Å²) < 4.78 is 4.99.